The first-order valence-electron chi connectivity index (χ1n) is 6.83. The third kappa shape index (κ3) is 4.64. The van der Waals surface area contributed by atoms with Gasteiger partial charge in [0.2, 0.25) is 11.8 Å². The van der Waals surface area contributed by atoms with Gasteiger partial charge in [-0.1, -0.05) is 20.8 Å². The molecule has 0 aromatic heterocycles. The molecule has 104 valence electrons. The number of carbonyl (C=O) groups excluding carboxylic acids is 2. The van der Waals surface area contributed by atoms with Gasteiger partial charge in [0.1, 0.15) is 0 Å². The quantitative estimate of drug-likeness (QED) is 0.745. The second-order valence-electron chi connectivity index (χ2n) is 5.10. The summed E-state index contributed by atoms with van der Waals surface area (Å²) in [4.78, 5) is 25.2. The summed E-state index contributed by atoms with van der Waals surface area (Å²) in [6.45, 7) is 8.51. The first-order valence-corrected chi connectivity index (χ1v) is 6.83. The number of hydrogen-bond donors (Lipinski definition) is 2. The fourth-order valence-electron chi connectivity index (χ4n) is 2.13. The number of nitrogens with zero attached hydrogens (tertiary/aromatic N) is 1. The molecule has 1 fully saturated rings. The first kappa shape index (κ1) is 15.0. The zero-order valence-electron chi connectivity index (χ0n) is 11.7. The number of piperidine rings is 1. The molecule has 0 saturated carbocycles. The van der Waals surface area contributed by atoms with Crippen LogP contribution in [0.2, 0.25) is 0 Å². The van der Waals surface area contributed by atoms with Crippen molar-refractivity contribution in [3.8, 4) is 0 Å². The highest BCUT2D eigenvalue weighted by Gasteiger charge is 2.24. The lowest BCUT2D eigenvalue weighted by Gasteiger charge is -2.33. The van der Waals surface area contributed by atoms with Crippen molar-refractivity contribution < 1.29 is 9.59 Å². The number of hydrogen-bond acceptors (Lipinski definition) is 3. The Balaban J connectivity index is 2.27. The summed E-state index contributed by atoms with van der Waals surface area (Å²) < 4.78 is 0. The van der Waals surface area contributed by atoms with Gasteiger partial charge >= 0.3 is 0 Å². The fourth-order valence-corrected chi connectivity index (χ4v) is 2.13. The molecule has 1 aliphatic rings. The van der Waals surface area contributed by atoms with Crippen LogP contribution >= 0.6 is 0 Å². The largest absolute Gasteiger partial charge is 0.352 e. The first-order chi connectivity index (χ1) is 8.54. The number of rotatable bonds is 5. The van der Waals surface area contributed by atoms with E-state index in [0.717, 1.165) is 32.5 Å². The van der Waals surface area contributed by atoms with Crippen LogP contribution in [0.25, 0.3) is 0 Å². The van der Waals surface area contributed by atoms with Gasteiger partial charge in [-0.3, -0.25) is 9.59 Å². The SMILES string of the molecule is CCNCC(=O)NC1CCN(C(=O)C(C)C)CC1. The minimum Gasteiger partial charge on any atom is -0.352 e. The summed E-state index contributed by atoms with van der Waals surface area (Å²) in [5, 5.41) is 6.01. The fraction of sp³-hybridized carbons (Fsp3) is 0.846. The van der Waals surface area contributed by atoms with Gasteiger partial charge in [-0.25, -0.2) is 0 Å². The van der Waals surface area contributed by atoms with Crippen LogP contribution in [0.5, 0.6) is 0 Å². The van der Waals surface area contributed by atoms with Gasteiger partial charge in [-0.05, 0) is 19.4 Å². The van der Waals surface area contributed by atoms with Crippen LogP contribution in [0.4, 0.5) is 0 Å². The van der Waals surface area contributed by atoms with Crippen molar-refractivity contribution >= 4 is 11.8 Å². The number of likely N-dealkylation sites (tertiary alicyclic amines) is 1. The molecule has 0 spiro atoms. The maximum Gasteiger partial charge on any atom is 0.234 e. The molecule has 1 saturated heterocycles. The van der Waals surface area contributed by atoms with Crippen LogP contribution in [-0.2, 0) is 9.59 Å². The zero-order chi connectivity index (χ0) is 13.5. The minimum atomic E-state index is 0.0467. The van der Waals surface area contributed by atoms with E-state index in [0.29, 0.717) is 6.54 Å². The smallest absolute Gasteiger partial charge is 0.234 e. The van der Waals surface area contributed by atoms with E-state index >= 15 is 0 Å². The molecule has 0 bridgehead atoms. The van der Waals surface area contributed by atoms with Gasteiger partial charge < -0.3 is 15.5 Å². The van der Waals surface area contributed by atoms with Crippen LogP contribution in [0.15, 0.2) is 0 Å². The Morgan fingerprint density at radius 1 is 1.28 bits per heavy atom. The van der Waals surface area contributed by atoms with Crippen molar-refractivity contribution in [2.45, 2.75) is 39.7 Å². The van der Waals surface area contributed by atoms with E-state index in [9.17, 15) is 9.59 Å². The zero-order valence-corrected chi connectivity index (χ0v) is 11.7. The summed E-state index contributed by atoms with van der Waals surface area (Å²) in [5.41, 5.74) is 0. The third-order valence-corrected chi connectivity index (χ3v) is 3.20. The van der Waals surface area contributed by atoms with Crippen LogP contribution in [0, 0.1) is 5.92 Å². The lowest BCUT2D eigenvalue weighted by Crippen LogP contribution is -2.49. The van der Waals surface area contributed by atoms with Crippen molar-refractivity contribution in [2.24, 2.45) is 5.92 Å². The lowest BCUT2D eigenvalue weighted by atomic mass is 10.0. The van der Waals surface area contributed by atoms with E-state index in [4.69, 9.17) is 0 Å². The average molecular weight is 255 g/mol. The summed E-state index contributed by atoms with van der Waals surface area (Å²) in [5.74, 6) is 0.322. The van der Waals surface area contributed by atoms with Crippen molar-refractivity contribution in [3.05, 3.63) is 0 Å². The molecule has 5 nitrogen and oxygen atoms in total. The molecule has 0 atom stereocenters. The Bertz CT molecular complexity index is 284. The maximum absolute atomic E-state index is 11.8. The normalized spacial score (nSPS) is 17.0. The Kier molecular flexibility index (Phi) is 6.12. The van der Waals surface area contributed by atoms with E-state index in [1.165, 1.54) is 0 Å². The Morgan fingerprint density at radius 2 is 1.89 bits per heavy atom. The summed E-state index contributed by atoms with van der Waals surface area (Å²) >= 11 is 0. The molecule has 1 rings (SSSR count). The number of amides is 2. The van der Waals surface area contributed by atoms with Crippen LogP contribution in [0.3, 0.4) is 0 Å². The highest BCUT2D eigenvalue weighted by Crippen LogP contribution is 2.13. The van der Waals surface area contributed by atoms with Gasteiger partial charge in [0, 0.05) is 25.0 Å². The molecule has 1 aliphatic heterocycles. The average Bonchev–Trinajstić information content (AvgIpc) is 2.36. The van der Waals surface area contributed by atoms with Crippen molar-refractivity contribution in [1.29, 1.82) is 0 Å². The molecule has 0 radical (unpaired) electrons. The van der Waals surface area contributed by atoms with E-state index in [1.54, 1.807) is 0 Å². The molecule has 18 heavy (non-hydrogen) atoms. The second kappa shape index (κ2) is 7.36. The predicted octanol–water partition coefficient (Wildman–Crippen LogP) is 0.359. The molecule has 2 N–H and O–H groups in total. The van der Waals surface area contributed by atoms with Gasteiger partial charge in [-0.2, -0.15) is 0 Å². The molecular formula is C13H25N3O2. The van der Waals surface area contributed by atoms with Crippen molar-refractivity contribution in [3.63, 3.8) is 0 Å². The van der Waals surface area contributed by atoms with Crippen LogP contribution in [-0.4, -0.2) is 48.9 Å². The van der Waals surface area contributed by atoms with E-state index in [-0.39, 0.29) is 23.8 Å². The Morgan fingerprint density at radius 3 is 2.39 bits per heavy atom. The van der Waals surface area contributed by atoms with E-state index in [1.807, 2.05) is 25.7 Å². The summed E-state index contributed by atoms with van der Waals surface area (Å²) in [6.07, 6.45) is 1.71. The Labute approximate surface area is 109 Å². The lowest BCUT2D eigenvalue weighted by molar-refractivity contribution is -0.135. The monoisotopic (exact) mass is 255 g/mol. The standard InChI is InChI=1S/C13H25N3O2/c1-4-14-9-12(17)15-11-5-7-16(8-6-11)13(18)10(2)3/h10-11,14H,4-9H2,1-3H3,(H,15,17). The maximum atomic E-state index is 11.8. The van der Waals surface area contributed by atoms with Crippen molar-refractivity contribution in [2.75, 3.05) is 26.2 Å². The van der Waals surface area contributed by atoms with Crippen LogP contribution in [0.1, 0.15) is 33.6 Å². The predicted molar refractivity (Wildman–Crippen MR) is 71.1 cm³/mol. The van der Waals surface area contributed by atoms with E-state index in [2.05, 4.69) is 10.6 Å². The molecule has 0 aliphatic carbocycles. The van der Waals surface area contributed by atoms with Gasteiger partial charge in [0.15, 0.2) is 0 Å². The summed E-state index contributed by atoms with van der Waals surface area (Å²) in [6, 6.07) is 0.215. The highest BCUT2D eigenvalue weighted by atomic mass is 16.2. The number of likely N-dealkylation sites (N-methyl/N-ethyl adjacent to an activating group) is 1. The van der Waals surface area contributed by atoms with Crippen molar-refractivity contribution in [1.82, 2.24) is 15.5 Å². The van der Waals surface area contributed by atoms with Gasteiger partial charge in [-0.15, -0.1) is 0 Å². The number of nitrogens with one attached hydrogen (secondary N) is 2. The third-order valence-electron chi connectivity index (χ3n) is 3.20. The molecule has 0 unspecified atom stereocenters. The number of carbonyl (C=O) groups is 2. The van der Waals surface area contributed by atoms with Gasteiger partial charge in [0.05, 0.1) is 6.54 Å². The van der Waals surface area contributed by atoms with Crippen LogP contribution < -0.4 is 10.6 Å². The topological polar surface area (TPSA) is 61.4 Å². The molecule has 1 heterocycles. The molecule has 5 heteroatoms. The van der Waals surface area contributed by atoms with E-state index < -0.39 is 0 Å². The molecule has 2 amide bonds. The Hall–Kier alpha value is -1.10. The second-order valence-corrected chi connectivity index (χ2v) is 5.10. The summed E-state index contributed by atoms with van der Waals surface area (Å²) in [7, 11) is 0. The van der Waals surface area contributed by atoms with Gasteiger partial charge in [0.25, 0.3) is 0 Å². The molecule has 0 aromatic carbocycles. The highest BCUT2D eigenvalue weighted by molar-refractivity contribution is 5.79. The molecule has 0 aromatic rings. The minimum absolute atomic E-state index is 0.0467. The molecular weight excluding hydrogens is 230 g/mol.